The number of ether oxygens (including phenoxy) is 2. The Morgan fingerprint density at radius 1 is 1.08 bits per heavy atom. The third-order valence-corrected chi connectivity index (χ3v) is 4.33. The Labute approximate surface area is 143 Å². The molecule has 0 spiro atoms. The molecule has 4 rings (SSSR count). The van der Waals surface area contributed by atoms with Gasteiger partial charge in [0.15, 0.2) is 11.5 Å². The van der Waals surface area contributed by atoms with Gasteiger partial charge in [0.25, 0.3) is 11.7 Å². The highest BCUT2D eigenvalue weighted by molar-refractivity contribution is 6.46. The standard InChI is InChI=1S/C19H15NO5/c1-10-2-4-11(5-3-10)17(21)15-16(20-19(23)18(15)22)12-6-7-13-14(8-12)25-9-24-13/h2-8,16,21H,9H2,1H3,(H,20,23). The summed E-state index contributed by atoms with van der Waals surface area (Å²) in [6, 6.07) is 11.5. The predicted molar refractivity (Wildman–Crippen MR) is 89.2 cm³/mol. The monoisotopic (exact) mass is 337 g/mol. The molecule has 1 fully saturated rings. The summed E-state index contributed by atoms with van der Waals surface area (Å²) in [5.74, 6) is -0.531. The molecule has 126 valence electrons. The van der Waals surface area contributed by atoms with Crippen molar-refractivity contribution in [1.82, 2.24) is 5.32 Å². The lowest BCUT2D eigenvalue weighted by molar-refractivity contribution is -0.133. The van der Waals surface area contributed by atoms with Crippen LogP contribution in [0.2, 0.25) is 0 Å². The Morgan fingerprint density at radius 2 is 1.80 bits per heavy atom. The van der Waals surface area contributed by atoms with Crippen molar-refractivity contribution >= 4 is 17.4 Å². The predicted octanol–water partition coefficient (Wildman–Crippen LogP) is 2.43. The normalized spacial score (nSPS) is 20.6. The van der Waals surface area contributed by atoms with Gasteiger partial charge in [0, 0.05) is 5.56 Å². The van der Waals surface area contributed by atoms with E-state index in [1.807, 2.05) is 19.1 Å². The fourth-order valence-corrected chi connectivity index (χ4v) is 2.98. The quantitative estimate of drug-likeness (QED) is 0.499. The average molecular weight is 337 g/mol. The lowest BCUT2D eigenvalue weighted by Gasteiger charge is -2.14. The van der Waals surface area contributed by atoms with Gasteiger partial charge in [-0.05, 0) is 24.6 Å². The number of Topliss-reactive ketones (excluding diaryl/α,β-unsaturated/α-hetero) is 1. The van der Waals surface area contributed by atoms with Crippen LogP contribution < -0.4 is 14.8 Å². The summed E-state index contributed by atoms with van der Waals surface area (Å²) in [7, 11) is 0. The van der Waals surface area contributed by atoms with Gasteiger partial charge in [-0.2, -0.15) is 0 Å². The molecule has 2 aromatic carbocycles. The number of aliphatic hydroxyl groups is 1. The Kier molecular flexibility index (Phi) is 3.46. The number of nitrogens with one attached hydrogen (secondary N) is 1. The van der Waals surface area contributed by atoms with Crippen molar-refractivity contribution in [2.75, 3.05) is 6.79 Å². The topological polar surface area (TPSA) is 84.9 Å². The van der Waals surface area contributed by atoms with Gasteiger partial charge < -0.3 is 19.9 Å². The lowest BCUT2D eigenvalue weighted by atomic mass is 9.95. The van der Waals surface area contributed by atoms with E-state index in [2.05, 4.69) is 5.32 Å². The van der Waals surface area contributed by atoms with Crippen molar-refractivity contribution in [3.05, 3.63) is 64.7 Å². The number of benzene rings is 2. The van der Waals surface area contributed by atoms with Crippen molar-refractivity contribution in [3.63, 3.8) is 0 Å². The van der Waals surface area contributed by atoms with E-state index in [4.69, 9.17) is 9.47 Å². The number of rotatable bonds is 2. The molecule has 25 heavy (non-hydrogen) atoms. The van der Waals surface area contributed by atoms with Gasteiger partial charge in [-0.3, -0.25) is 9.59 Å². The van der Waals surface area contributed by atoms with Gasteiger partial charge in [-0.25, -0.2) is 0 Å². The average Bonchev–Trinajstić information content (AvgIpc) is 3.19. The summed E-state index contributed by atoms with van der Waals surface area (Å²) in [5.41, 5.74) is 2.18. The molecule has 1 saturated heterocycles. The van der Waals surface area contributed by atoms with Crippen molar-refractivity contribution in [3.8, 4) is 11.5 Å². The van der Waals surface area contributed by atoms with Gasteiger partial charge in [-0.1, -0.05) is 35.9 Å². The van der Waals surface area contributed by atoms with E-state index in [0.717, 1.165) is 5.56 Å². The zero-order chi connectivity index (χ0) is 17.6. The van der Waals surface area contributed by atoms with Crippen LogP contribution in [0.15, 0.2) is 48.0 Å². The van der Waals surface area contributed by atoms with Crippen LogP contribution in [0.4, 0.5) is 0 Å². The molecule has 2 heterocycles. The van der Waals surface area contributed by atoms with Crippen molar-refractivity contribution < 1.29 is 24.2 Å². The second kappa shape index (κ2) is 5.66. The number of carbonyl (C=O) groups excluding carboxylic acids is 2. The molecule has 1 amide bonds. The first kappa shape index (κ1) is 15.3. The molecule has 1 atom stereocenters. The minimum absolute atomic E-state index is 0.0349. The minimum Gasteiger partial charge on any atom is -0.507 e. The van der Waals surface area contributed by atoms with Gasteiger partial charge >= 0.3 is 0 Å². The molecule has 0 radical (unpaired) electrons. The summed E-state index contributed by atoms with van der Waals surface area (Å²) in [5, 5.41) is 13.3. The molecule has 0 aromatic heterocycles. The fraction of sp³-hybridized carbons (Fsp3) is 0.158. The van der Waals surface area contributed by atoms with E-state index in [-0.39, 0.29) is 18.1 Å². The molecule has 1 unspecified atom stereocenters. The Hall–Kier alpha value is -3.28. The van der Waals surface area contributed by atoms with Gasteiger partial charge in [0.2, 0.25) is 6.79 Å². The zero-order valence-corrected chi connectivity index (χ0v) is 13.4. The van der Waals surface area contributed by atoms with Crippen LogP contribution in [0.5, 0.6) is 11.5 Å². The number of ketones is 1. The van der Waals surface area contributed by atoms with E-state index in [0.29, 0.717) is 22.6 Å². The van der Waals surface area contributed by atoms with Crippen LogP contribution in [0.1, 0.15) is 22.7 Å². The maximum Gasteiger partial charge on any atom is 0.293 e. The third-order valence-electron chi connectivity index (χ3n) is 4.33. The van der Waals surface area contributed by atoms with E-state index < -0.39 is 17.7 Å². The van der Waals surface area contributed by atoms with E-state index in [1.165, 1.54) is 0 Å². The number of amides is 1. The van der Waals surface area contributed by atoms with Crippen molar-refractivity contribution in [2.24, 2.45) is 0 Å². The van der Waals surface area contributed by atoms with E-state index in [9.17, 15) is 14.7 Å². The third kappa shape index (κ3) is 2.52. The van der Waals surface area contributed by atoms with Crippen LogP contribution in [0.25, 0.3) is 5.76 Å². The molecule has 0 bridgehead atoms. The maximum absolute atomic E-state index is 12.3. The van der Waals surface area contributed by atoms with Gasteiger partial charge in [0.05, 0.1) is 11.6 Å². The van der Waals surface area contributed by atoms with Crippen LogP contribution in [0, 0.1) is 6.92 Å². The second-order valence-electron chi connectivity index (χ2n) is 5.98. The number of hydrogen-bond donors (Lipinski definition) is 2. The minimum atomic E-state index is -0.740. The zero-order valence-electron chi connectivity index (χ0n) is 13.4. The number of aryl methyl sites for hydroxylation is 1. The molecule has 0 saturated carbocycles. The number of carbonyl (C=O) groups is 2. The molecule has 6 nitrogen and oxygen atoms in total. The molecule has 2 aliphatic rings. The SMILES string of the molecule is Cc1ccc(C(O)=C2C(=O)C(=O)NC2c2ccc3c(c2)OCO3)cc1. The highest BCUT2D eigenvalue weighted by atomic mass is 16.7. The number of aliphatic hydroxyl groups excluding tert-OH is 1. The van der Waals surface area contributed by atoms with E-state index >= 15 is 0 Å². The van der Waals surface area contributed by atoms with Crippen LogP contribution in [-0.4, -0.2) is 23.6 Å². The summed E-state index contributed by atoms with van der Waals surface area (Å²) >= 11 is 0. The molecular weight excluding hydrogens is 322 g/mol. The molecule has 0 aliphatic carbocycles. The lowest BCUT2D eigenvalue weighted by Crippen LogP contribution is -2.21. The smallest absolute Gasteiger partial charge is 0.293 e. The summed E-state index contributed by atoms with van der Waals surface area (Å²) < 4.78 is 10.6. The van der Waals surface area contributed by atoms with E-state index in [1.54, 1.807) is 30.3 Å². The summed E-state index contributed by atoms with van der Waals surface area (Å²) in [6.45, 7) is 2.06. The van der Waals surface area contributed by atoms with Gasteiger partial charge in [0.1, 0.15) is 5.76 Å². The second-order valence-corrected chi connectivity index (χ2v) is 5.98. The first-order chi connectivity index (χ1) is 12.0. The van der Waals surface area contributed by atoms with Crippen molar-refractivity contribution in [1.29, 1.82) is 0 Å². The number of fused-ring (bicyclic) bond motifs is 1. The summed E-state index contributed by atoms with van der Waals surface area (Å²) in [4.78, 5) is 24.2. The maximum atomic E-state index is 12.3. The Morgan fingerprint density at radius 3 is 2.56 bits per heavy atom. The first-order valence-electron chi connectivity index (χ1n) is 7.79. The molecule has 2 aromatic rings. The Balaban J connectivity index is 1.81. The molecule has 2 N–H and O–H groups in total. The largest absolute Gasteiger partial charge is 0.507 e. The first-order valence-corrected chi connectivity index (χ1v) is 7.79. The van der Waals surface area contributed by atoms with Crippen LogP contribution in [0.3, 0.4) is 0 Å². The highest BCUT2D eigenvalue weighted by Gasteiger charge is 2.40. The highest BCUT2D eigenvalue weighted by Crippen LogP contribution is 2.38. The fourth-order valence-electron chi connectivity index (χ4n) is 2.98. The Bertz CT molecular complexity index is 914. The van der Waals surface area contributed by atoms with Crippen molar-refractivity contribution in [2.45, 2.75) is 13.0 Å². The van der Waals surface area contributed by atoms with Crippen LogP contribution in [-0.2, 0) is 9.59 Å². The van der Waals surface area contributed by atoms with Gasteiger partial charge in [-0.15, -0.1) is 0 Å². The molecular formula is C19H15NO5. The molecule has 2 aliphatic heterocycles. The van der Waals surface area contributed by atoms with Crippen LogP contribution >= 0.6 is 0 Å². The number of hydrogen-bond acceptors (Lipinski definition) is 5. The summed E-state index contributed by atoms with van der Waals surface area (Å²) in [6.07, 6.45) is 0. The molecule has 6 heteroatoms.